The van der Waals surface area contributed by atoms with Crippen molar-refractivity contribution < 1.29 is 4.42 Å². The SMILES string of the molecule is C1=C(c2ccco2)C2CCC1N2. The van der Waals surface area contributed by atoms with E-state index in [0.717, 1.165) is 5.76 Å². The van der Waals surface area contributed by atoms with E-state index in [2.05, 4.69) is 11.4 Å². The molecule has 0 saturated carbocycles. The summed E-state index contributed by atoms with van der Waals surface area (Å²) in [6.45, 7) is 0. The zero-order chi connectivity index (χ0) is 7.97. The molecule has 2 aliphatic rings. The second kappa shape index (κ2) is 2.23. The summed E-state index contributed by atoms with van der Waals surface area (Å²) in [5.41, 5.74) is 1.36. The van der Waals surface area contributed by atoms with Crippen molar-refractivity contribution in [2.24, 2.45) is 0 Å². The Kier molecular flexibility index (Phi) is 1.21. The third kappa shape index (κ3) is 0.786. The third-order valence-corrected chi connectivity index (χ3v) is 2.74. The quantitative estimate of drug-likeness (QED) is 0.679. The van der Waals surface area contributed by atoms with Crippen molar-refractivity contribution in [3.63, 3.8) is 0 Å². The van der Waals surface area contributed by atoms with Crippen LogP contribution < -0.4 is 5.32 Å². The first kappa shape index (κ1) is 6.49. The van der Waals surface area contributed by atoms with E-state index < -0.39 is 0 Å². The monoisotopic (exact) mass is 161 g/mol. The number of nitrogens with one attached hydrogen (secondary N) is 1. The van der Waals surface area contributed by atoms with Gasteiger partial charge >= 0.3 is 0 Å². The van der Waals surface area contributed by atoms with Crippen molar-refractivity contribution in [2.45, 2.75) is 24.9 Å². The van der Waals surface area contributed by atoms with Gasteiger partial charge in [-0.05, 0) is 25.0 Å². The average molecular weight is 161 g/mol. The molecular weight excluding hydrogens is 150 g/mol. The largest absolute Gasteiger partial charge is 0.465 e. The fourth-order valence-corrected chi connectivity index (χ4v) is 2.18. The molecule has 1 N–H and O–H groups in total. The van der Waals surface area contributed by atoms with Gasteiger partial charge in [-0.15, -0.1) is 0 Å². The molecule has 2 bridgehead atoms. The third-order valence-electron chi connectivity index (χ3n) is 2.74. The Balaban J connectivity index is 2.00. The van der Waals surface area contributed by atoms with Crippen molar-refractivity contribution in [3.05, 3.63) is 30.2 Å². The second-order valence-electron chi connectivity index (χ2n) is 3.50. The lowest BCUT2D eigenvalue weighted by Crippen LogP contribution is -2.20. The number of fused-ring (bicyclic) bond motifs is 2. The lowest BCUT2D eigenvalue weighted by molar-refractivity contribution is 0.545. The summed E-state index contributed by atoms with van der Waals surface area (Å²) in [4.78, 5) is 0. The van der Waals surface area contributed by atoms with Crippen LogP contribution in [-0.2, 0) is 0 Å². The molecule has 0 spiro atoms. The Morgan fingerprint density at radius 1 is 1.42 bits per heavy atom. The van der Waals surface area contributed by atoms with E-state index in [1.807, 2.05) is 12.1 Å². The van der Waals surface area contributed by atoms with Crippen LogP contribution in [0.25, 0.3) is 5.57 Å². The van der Waals surface area contributed by atoms with Crippen LogP contribution in [0.3, 0.4) is 0 Å². The minimum atomic E-state index is 0.557. The molecular formula is C10H11NO. The molecule has 1 aromatic rings. The van der Waals surface area contributed by atoms with Gasteiger partial charge in [0, 0.05) is 17.7 Å². The first-order valence-corrected chi connectivity index (χ1v) is 4.45. The van der Waals surface area contributed by atoms with E-state index in [4.69, 9.17) is 4.42 Å². The van der Waals surface area contributed by atoms with Crippen molar-refractivity contribution in [1.82, 2.24) is 5.32 Å². The highest BCUT2D eigenvalue weighted by atomic mass is 16.3. The van der Waals surface area contributed by atoms with Crippen LogP contribution in [0, 0.1) is 0 Å². The van der Waals surface area contributed by atoms with Gasteiger partial charge in [0.25, 0.3) is 0 Å². The zero-order valence-electron chi connectivity index (χ0n) is 6.79. The molecule has 1 aromatic heterocycles. The molecule has 0 aromatic carbocycles. The fourth-order valence-electron chi connectivity index (χ4n) is 2.18. The molecule has 2 aliphatic heterocycles. The standard InChI is InChI=1S/C10H11NO/c1-2-10(12-5-1)8-6-7-3-4-9(8)11-7/h1-2,5-7,9,11H,3-4H2. The molecule has 12 heavy (non-hydrogen) atoms. The van der Waals surface area contributed by atoms with Gasteiger partial charge in [0.2, 0.25) is 0 Å². The average Bonchev–Trinajstić information content (AvgIpc) is 2.81. The van der Waals surface area contributed by atoms with Crippen LogP contribution in [0.15, 0.2) is 28.9 Å². The van der Waals surface area contributed by atoms with Crippen LogP contribution >= 0.6 is 0 Å². The summed E-state index contributed by atoms with van der Waals surface area (Å²) < 4.78 is 5.36. The van der Waals surface area contributed by atoms with Gasteiger partial charge in [0.05, 0.1) is 6.26 Å². The first-order valence-electron chi connectivity index (χ1n) is 4.45. The number of hydrogen-bond donors (Lipinski definition) is 1. The number of hydrogen-bond acceptors (Lipinski definition) is 2. The Labute approximate surface area is 71.3 Å². The van der Waals surface area contributed by atoms with Gasteiger partial charge in [0.15, 0.2) is 0 Å². The fraction of sp³-hybridized carbons (Fsp3) is 0.400. The van der Waals surface area contributed by atoms with Crippen LogP contribution in [-0.4, -0.2) is 12.1 Å². The van der Waals surface area contributed by atoms with E-state index in [9.17, 15) is 0 Å². The van der Waals surface area contributed by atoms with E-state index in [1.54, 1.807) is 6.26 Å². The Morgan fingerprint density at radius 3 is 3.00 bits per heavy atom. The van der Waals surface area contributed by atoms with Crippen molar-refractivity contribution >= 4 is 5.57 Å². The van der Waals surface area contributed by atoms with Gasteiger partial charge in [0.1, 0.15) is 5.76 Å². The molecule has 1 saturated heterocycles. The number of rotatable bonds is 1. The maximum atomic E-state index is 5.36. The molecule has 1 fully saturated rings. The molecule has 0 aliphatic carbocycles. The highest BCUT2D eigenvalue weighted by Gasteiger charge is 2.33. The van der Waals surface area contributed by atoms with E-state index in [1.165, 1.54) is 18.4 Å². The summed E-state index contributed by atoms with van der Waals surface area (Å²) in [7, 11) is 0. The summed E-state index contributed by atoms with van der Waals surface area (Å²) in [5, 5.41) is 3.51. The van der Waals surface area contributed by atoms with Gasteiger partial charge in [-0.25, -0.2) is 0 Å². The van der Waals surface area contributed by atoms with Crippen LogP contribution in [0.4, 0.5) is 0 Å². The number of furan rings is 1. The molecule has 2 heteroatoms. The summed E-state index contributed by atoms with van der Waals surface area (Å²) >= 11 is 0. The minimum Gasteiger partial charge on any atom is -0.465 e. The van der Waals surface area contributed by atoms with Crippen LogP contribution in [0.2, 0.25) is 0 Å². The molecule has 0 radical (unpaired) electrons. The lowest BCUT2D eigenvalue weighted by Gasteiger charge is -2.08. The predicted octanol–water partition coefficient (Wildman–Crippen LogP) is 1.80. The van der Waals surface area contributed by atoms with E-state index in [0.29, 0.717) is 12.1 Å². The molecule has 2 unspecified atom stereocenters. The molecule has 2 atom stereocenters. The topological polar surface area (TPSA) is 25.2 Å². The lowest BCUT2D eigenvalue weighted by atomic mass is 9.98. The maximum absolute atomic E-state index is 5.36. The molecule has 62 valence electrons. The highest BCUT2D eigenvalue weighted by Crippen LogP contribution is 2.34. The van der Waals surface area contributed by atoms with Crippen molar-refractivity contribution in [2.75, 3.05) is 0 Å². The molecule has 2 nitrogen and oxygen atoms in total. The van der Waals surface area contributed by atoms with Crippen molar-refractivity contribution in [3.8, 4) is 0 Å². The predicted molar refractivity (Wildman–Crippen MR) is 46.6 cm³/mol. The van der Waals surface area contributed by atoms with Crippen molar-refractivity contribution in [1.29, 1.82) is 0 Å². The van der Waals surface area contributed by atoms with Gasteiger partial charge in [-0.1, -0.05) is 6.08 Å². The van der Waals surface area contributed by atoms with Gasteiger partial charge < -0.3 is 9.73 Å². The molecule has 3 heterocycles. The van der Waals surface area contributed by atoms with E-state index in [-0.39, 0.29) is 0 Å². The van der Waals surface area contributed by atoms with Gasteiger partial charge in [-0.3, -0.25) is 0 Å². The Hall–Kier alpha value is -1.02. The maximum Gasteiger partial charge on any atom is 0.131 e. The summed E-state index contributed by atoms with van der Waals surface area (Å²) in [5.74, 6) is 1.04. The Morgan fingerprint density at radius 2 is 2.42 bits per heavy atom. The second-order valence-corrected chi connectivity index (χ2v) is 3.50. The highest BCUT2D eigenvalue weighted by molar-refractivity contribution is 5.70. The van der Waals surface area contributed by atoms with E-state index >= 15 is 0 Å². The normalized spacial score (nSPS) is 32.5. The minimum absolute atomic E-state index is 0.557. The Bertz CT molecular complexity index is 313. The molecule has 0 amide bonds. The molecule has 3 rings (SSSR count). The summed E-state index contributed by atoms with van der Waals surface area (Å²) in [6, 6.07) is 5.15. The first-order chi connectivity index (χ1) is 5.93. The van der Waals surface area contributed by atoms with Crippen LogP contribution in [0.5, 0.6) is 0 Å². The van der Waals surface area contributed by atoms with Crippen LogP contribution in [0.1, 0.15) is 18.6 Å². The van der Waals surface area contributed by atoms with Gasteiger partial charge in [-0.2, -0.15) is 0 Å². The summed E-state index contributed by atoms with van der Waals surface area (Å²) in [6.07, 6.45) is 6.58. The smallest absolute Gasteiger partial charge is 0.131 e. The zero-order valence-corrected chi connectivity index (χ0v) is 6.79.